The molecule has 9 heteroatoms. The predicted molar refractivity (Wildman–Crippen MR) is 74.3 cm³/mol. The maximum atomic E-state index is 13.1. The summed E-state index contributed by atoms with van der Waals surface area (Å²) >= 11 is 0. The monoisotopic (exact) mass is 322 g/mol. The number of amides is 1. The molecule has 3 rings (SSSR count). The second-order valence-electron chi connectivity index (χ2n) is 4.46. The first kappa shape index (κ1) is 14.8. The molecule has 1 amide bonds. The molecule has 0 bridgehead atoms. The number of hydrazine groups is 1. The van der Waals surface area contributed by atoms with Gasteiger partial charge in [0, 0.05) is 0 Å². The van der Waals surface area contributed by atoms with Gasteiger partial charge in [0.2, 0.25) is 0 Å². The summed E-state index contributed by atoms with van der Waals surface area (Å²) in [6, 6.07) is 8.96. The number of hydrogen-bond donors (Lipinski definition) is 2. The first-order chi connectivity index (χ1) is 10.9. The van der Waals surface area contributed by atoms with Gasteiger partial charge in [-0.25, -0.2) is 9.97 Å². The second-order valence-corrected chi connectivity index (χ2v) is 4.46. The summed E-state index contributed by atoms with van der Waals surface area (Å²) in [5, 5.41) is 0. The van der Waals surface area contributed by atoms with Crippen LogP contribution in [0.15, 0.2) is 47.1 Å². The van der Waals surface area contributed by atoms with Gasteiger partial charge in [-0.15, -0.1) is 0 Å². The van der Waals surface area contributed by atoms with Crippen LogP contribution >= 0.6 is 0 Å². The van der Waals surface area contributed by atoms with Gasteiger partial charge < -0.3 is 4.42 Å². The van der Waals surface area contributed by atoms with E-state index in [1.54, 1.807) is 12.1 Å². The van der Waals surface area contributed by atoms with E-state index in [9.17, 15) is 18.0 Å². The van der Waals surface area contributed by atoms with Gasteiger partial charge >= 0.3 is 12.1 Å². The molecule has 0 aliphatic rings. The summed E-state index contributed by atoms with van der Waals surface area (Å²) in [5.41, 5.74) is 3.37. The van der Waals surface area contributed by atoms with Crippen molar-refractivity contribution in [1.29, 1.82) is 0 Å². The molecular formula is C14H9F3N4O2. The van der Waals surface area contributed by atoms with E-state index in [1.807, 2.05) is 0 Å². The number of carbonyl (C=O) groups excluding carboxylic acids is 1. The lowest BCUT2D eigenvalue weighted by Gasteiger charge is -2.13. The average Bonchev–Trinajstić information content (AvgIpc) is 3.05. The minimum absolute atomic E-state index is 0.0557. The predicted octanol–water partition coefficient (Wildman–Crippen LogP) is 3.00. The lowest BCUT2D eigenvalue weighted by atomic mass is 10.3. The number of halogens is 3. The Labute approximate surface area is 127 Å². The molecule has 0 atom stereocenters. The van der Waals surface area contributed by atoms with Gasteiger partial charge in [-0.2, -0.15) is 13.2 Å². The van der Waals surface area contributed by atoms with Crippen molar-refractivity contribution < 1.29 is 22.4 Å². The summed E-state index contributed by atoms with van der Waals surface area (Å²) < 4.78 is 44.1. The van der Waals surface area contributed by atoms with Crippen LogP contribution in [0.1, 0.15) is 16.2 Å². The zero-order chi connectivity index (χ0) is 16.4. The molecule has 2 N–H and O–H groups in total. The number of hydrogen-bond acceptors (Lipinski definition) is 5. The first-order valence-corrected chi connectivity index (χ1v) is 6.39. The van der Waals surface area contributed by atoms with Crippen molar-refractivity contribution in [2.24, 2.45) is 0 Å². The SMILES string of the molecule is O=C(NNc1nc2ccccc2nc1C(F)(F)F)c1ccco1. The van der Waals surface area contributed by atoms with Crippen LogP contribution in [0.2, 0.25) is 0 Å². The summed E-state index contributed by atoms with van der Waals surface area (Å²) in [4.78, 5) is 19.1. The Kier molecular flexibility index (Phi) is 3.61. The molecule has 0 saturated heterocycles. The van der Waals surface area contributed by atoms with Crippen molar-refractivity contribution in [2.75, 3.05) is 5.43 Å². The summed E-state index contributed by atoms with van der Waals surface area (Å²) in [6.45, 7) is 0. The first-order valence-electron chi connectivity index (χ1n) is 6.39. The number of para-hydroxylation sites is 2. The van der Waals surface area contributed by atoms with Crippen LogP contribution in [0.3, 0.4) is 0 Å². The van der Waals surface area contributed by atoms with Gasteiger partial charge in [0.15, 0.2) is 17.3 Å². The van der Waals surface area contributed by atoms with Crippen LogP contribution in [-0.2, 0) is 6.18 Å². The summed E-state index contributed by atoms with van der Waals surface area (Å²) in [6.07, 6.45) is -3.46. The van der Waals surface area contributed by atoms with E-state index in [0.717, 1.165) is 0 Å². The van der Waals surface area contributed by atoms with E-state index in [2.05, 4.69) is 20.8 Å². The quantitative estimate of drug-likeness (QED) is 0.725. The topological polar surface area (TPSA) is 80.0 Å². The lowest BCUT2D eigenvalue weighted by Crippen LogP contribution is -2.31. The zero-order valence-electron chi connectivity index (χ0n) is 11.4. The molecule has 3 aromatic rings. The molecule has 2 aromatic heterocycles. The summed E-state index contributed by atoms with van der Waals surface area (Å²) in [5.74, 6) is -1.39. The molecule has 2 heterocycles. The number of anilines is 1. The Morgan fingerprint density at radius 1 is 1.04 bits per heavy atom. The number of rotatable bonds is 3. The van der Waals surface area contributed by atoms with Gasteiger partial charge in [-0.05, 0) is 24.3 Å². The maximum Gasteiger partial charge on any atom is 0.437 e. The van der Waals surface area contributed by atoms with E-state index in [1.165, 1.54) is 30.5 Å². The van der Waals surface area contributed by atoms with Crippen LogP contribution in [0.25, 0.3) is 11.0 Å². The third-order valence-corrected chi connectivity index (χ3v) is 2.88. The normalized spacial score (nSPS) is 11.4. The third-order valence-electron chi connectivity index (χ3n) is 2.88. The molecule has 0 radical (unpaired) electrons. The molecule has 0 saturated carbocycles. The average molecular weight is 322 g/mol. The molecule has 1 aromatic carbocycles. The zero-order valence-corrected chi connectivity index (χ0v) is 11.4. The van der Waals surface area contributed by atoms with Crippen LogP contribution < -0.4 is 10.9 Å². The van der Waals surface area contributed by atoms with Gasteiger partial charge in [0.1, 0.15) is 0 Å². The molecule has 0 spiro atoms. The number of alkyl halides is 3. The van der Waals surface area contributed by atoms with Crippen LogP contribution in [0, 0.1) is 0 Å². The van der Waals surface area contributed by atoms with Crippen LogP contribution in [0.4, 0.5) is 19.0 Å². The van der Waals surface area contributed by atoms with E-state index >= 15 is 0 Å². The van der Waals surface area contributed by atoms with Crippen molar-refractivity contribution in [3.8, 4) is 0 Å². The number of fused-ring (bicyclic) bond motifs is 1. The molecule has 0 unspecified atom stereocenters. The minimum Gasteiger partial charge on any atom is -0.459 e. The summed E-state index contributed by atoms with van der Waals surface area (Å²) in [7, 11) is 0. The van der Waals surface area contributed by atoms with Crippen molar-refractivity contribution in [2.45, 2.75) is 6.18 Å². The largest absolute Gasteiger partial charge is 0.459 e. The molecule has 0 aliphatic carbocycles. The minimum atomic E-state index is -4.73. The standard InChI is InChI=1S/C14H9F3N4O2/c15-14(16,17)11-12(19-9-5-2-1-4-8(9)18-11)20-21-13(22)10-6-3-7-23-10/h1-7H,(H,19,20)(H,21,22). The van der Waals surface area contributed by atoms with Crippen molar-refractivity contribution in [3.63, 3.8) is 0 Å². The highest BCUT2D eigenvalue weighted by Crippen LogP contribution is 2.33. The Balaban J connectivity index is 1.93. The molecule has 0 fully saturated rings. The third kappa shape index (κ3) is 3.07. The maximum absolute atomic E-state index is 13.1. The van der Waals surface area contributed by atoms with Gasteiger partial charge in [-0.3, -0.25) is 15.6 Å². The van der Waals surface area contributed by atoms with Crippen molar-refractivity contribution in [3.05, 3.63) is 54.1 Å². The van der Waals surface area contributed by atoms with Gasteiger partial charge in [-0.1, -0.05) is 12.1 Å². The number of carbonyl (C=O) groups is 1. The van der Waals surface area contributed by atoms with Crippen LogP contribution in [-0.4, -0.2) is 15.9 Å². The van der Waals surface area contributed by atoms with Gasteiger partial charge in [0.25, 0.3) is 0 Å². The van der Waals surface area contributed by atoms with E-state index in [0.29, 0.717) is 0 Å². The Morgan fingerprint density at radius 3 is 2.35 bits per heavy atom. The Hall–Kier alpha value is -3.10. The fourth-order valence-electron chi connectivity index (χ4n) is 1.87. The molecule has 6 nitrogen and oxygen atoms in total. The van der Waals surface area contributed by atoms with Crippen LogP contribution in [0.5, 0.6) is 0 Å². The lowest BCUT2D eigenvalue weighted by molar-refractivity contribution is -0.140. The number of nitrogens with one attached hydrogen (secondary N) is 2. The Morgan fingerprint density at radius 2 is 1.74 bits per heavy atom. The molecule has 23 heavy (non-hydrogen) atoms. The van der Waals surface area contributed by atoms with Crippen molar-refractivity contribution in [1.82, 2.24) is 15.4 Å². The number of aromatic nitrogens is 2. The Bertz CT molecular complexity index is 847. The highest BCUT2D eigenvalue weighted by molar-refractivity contribution is 5.92. The molecular weight excluding hydrogens is 313 g/mol. The fourth-order valence-corrected chi connectivity index (χ4v) is 1.87. The fraction of sp³-hybridized carbons (Fsp3) is 0.0714. The van der Waals surface area contributed by atoms with E-state index < -0.39 is 23.6 Å². The highest BCUT2D eigenvalue weighted by atomic mass is 19.4. The second kappa shape index (κ2) is 5.59. The molecule has 118 valence electrons. The van der Waals surface area contributed by atoms with E-state index in [-0.39, 0.29) is 16.8 Å². The van der Waals surface area contributed by atoms with E-state index in [4.69, 9.17) is 4.42 Å². The van der Waals surface area contributed by atoms with Gasteiger partial charge in [0.05, 0.1) is 17.3 Å². The smallest absolute Gasteiger partial charge is 0.437 e. The molecule has 0 aliphatic heterocycles. The van der Waals surface area contributed by atoms with Crippen molar-refractivity contribution >= 4 is 22.8 Å². The highest BCUT2D eigenvalue weighted by Gasteiger charge is 2.37. The number of furan rings is 1. The number of benzene rings is 1. The number of nitrogens with zero attached hydrogens (tertiary/aromatic N) is 2.